The van der Waals surface area contributed by atoms with Gasteiger partial charge in [-0.1, -0.05) is 102 Å². The number of unbranched alkanes of at least 4 members (excludes halogenated alkanes) is 14. The maximum Gasteiger partial charge on any atom is 0.306 e. The fourth-order valence-corrected chi connectivity index (χ4v) is 5.51. The van der Waals surface area contributed by atoms with Gasteiger partial charge in [-0.3, -0.25) is 14.4 Å². The summed E-state index contributed by atoms with van der Waals surface area (Å²) in [7, 11) is 4.04. The van der Waals surface area contributed by atoms with Crippen molar-refractivity contribution in [2.24, 2.45) is 0 Å². The van der Waals surface area contributed by atoms with Crippen LogP contribution in [0.4, 0.5) is 0 Å². The molecule has 7 heteroatoms. The van der Waals surface area contributed by atoms with Gasteiger partial charge < -0.3 is 19.1 Å². The molecule has 0 aliphatic rings. The smallest absolute Gasteiger partial charge is 0.306 e. The van der Waals surface area contributed by atoms with Crippen molar-refractivity contribution in [1.82, 2.24) is 4.90 Å². The van der Waals surface area contributed by atoms with E-state index in [0.717, 1.165) is 116 Å². The van der Waals surface area contributed by atoms with Crippen LogP contribution in [-0.4, -0.2) is 62.8 Å². The maximum absolute atomic E-state index is 12.5. The van der Waals surface area contributed by atoms with Gasteiger partial charge in [0.05, 0.1) is 13.2 Å². The molecule has 0 radical (unpaired) electrons. The van der Waals surface area contributed by atoms with E-state index in [2.05, 4.69) is 43.1 Å². The Hall–Kier alpha value is -2.15. The van der Waals surface area contributed by atoms with Crippen LogP contribution in [0.5, 0.6) is 0 Å². The maximum atomic E-state index is 12.5. The van der Waals surface area contributed by atoms with Crippen LogP contribution in [0.1, 0.15) is 181 Å². The molecule has 48 heavy (non-hydrogen) atoms. The van der Waals surface area contributed by atoms with E-state index in [1.807, 2.05) is 14.1 Å². The van der Waals surface area contributed by atoms with E-state index >= 15 is 0 Å². The van der Waals surface area contributed by atoms with Crippen molar-refractivity contribution in [1.29, 1.82) is 0 Å². The molecule has 0 aromatic carbocycles. The Morgan fingerprint density at radius 3 is 1.38 bits per heavy atom. The minimum absolute atomic E-state index is 0.0248. The van der Waals surface area contributed by atoms with E-state index in [1.54, 1.807) is 0 Å². The monoisotopic (exact) mass is 678 g/mol. The van der Waals surface area contributed by atoms with E-state index in [1.165, 1.54) is 38.5 Å². The summed E-state index contributed by atoms with van der Waals surface area (Å²) in [6.45, 7) is 6.25. The van der Waals surface area contributed by atoms with Crippen molar-refractivity contribution >= 4 is 17.9 Å². The number of allylic oxidation sites excluding steroid dienone is 2. The summed E-state index contributed by atoms with van der Waals surface area (Å²) >= 11 is 0. The third-order valence-electron chi connectivity index (χ3n) is 8.48. The molecule has 0 fully saturated rings. The second kappa shape index (κ2) is 36.1. The summed E-state index contributed by atoms with van der Waals surface area (Å²) in [6.07, 6.45) is 34.1. The zero-order valence-corrected chi connectivity index (χ0v) is 31.8. The number of esters is 3. The van der Waals surface area contributed by atoms with E-state index in [-0.39, 0.29) is 24.0 Å². The minimum atomic E-state index is -0.0907. The van der Waals surface area contributed by atoms with Gasteiger partial charge in [-0.05, 0) is 104 Å². The molecule has 0 spiro atoms. The minimum Gasteiger partial charge on any atom is -0.465 e. The van der Waals surface area contributed by atoms with Gasteiger partial charge in [0.2, 0.25) is 0 Å². The average Bonchev–Trinajstić information content (AvgIpc) is 3.05. The topological polar surface area (TPSA) is 82.1 Å². The summed E-state index contributed by atoms with van der Waals surface area (Å²) in [5.74, 6) is -0.267. The van der Waals surface area contributed by atoms with Crippen LogP contribution in [0, 0.1) is 0 Å². The fraction of sp³-hybridized carbons (Fsp3) is 0.829. The van der Waals surface area contributed by atoms with Crippen molar-refractivity contribution in [2.75, 3.05) is 33.9 Å². The number of rotatable bonds is 35. The summed E-state index contributed by atoms with van der Waals surface area (Å²) in [6, 6.07) is 0. The molecule has 280 valence electrons. The normalized spacial score (nSPS) is 12.3. The standard InChI is InChI=1S/C41H75NO6/c1-5-7-9-11-13-21-27-36-46-39(43)32-25-19-15-17-23-30-38(48-41(45)34-29-35-42(3)4)31-24-18-16-20-26-33-40(44)47-37-28-22-14-12-10-8-6-2/h13-14,21-22,38H,5-12,15-20,23-37H2,1-4H3. The fourth-order valence-electron chi connectivity index (χ4n) is 5.51. The lowest BCUT2D eigenvalue weighted by atomic mass is 10.0. The lowest BCUT2D eigenvalue weighted by molar-refractivity contribution is -0.150. The molecule has 0 bridgehead atoms. The van der Waals surface area contributed by atoms with Crippen LogP contribution < -0.4 is 0 Å². The van der Waals surface area contributed by atoms with Gasteiger partial charge in [0.15, 0.2) is 0 Å². The molecule has 0 aromatic rings. The van der Waals surface area contributed by atoms with Gasteiger partial charge in [-0.2, -0.15) is 0 Å². The molecule has 7 nitrogen and oxygen atoms in total. The Balaban J connectivity index is 4.10. The van der Waals surface area contributed by atoms with Crippen molar-refractivity contribution in [2.45, 2.75) is 187 Å². The van der Waals surface area contributed by atoms with Crippen LogP contribution in [0.2, 0.25) is 0 Å². The molecule has 0 atom stereocenters. The lowest BCUT2D eigenvalue weighted by Crippen LogP contribution is -2.20. The predicted molar refractivity (Wildman–Crippen MR) is 200 cm³/mol. The quantitative estimate of drug-likeness (QED) is 0.0286. The Morgan fingerprint density at radius 2 is 0.917 bits per heavy atom. The summed E-state index contributed by atoms with van der Waals surface area (Å²) < 4.78 is 16.6. The summed E-state index contributed by atoms with van der Waals surface area (Å²) in [5.41, 5.74) is 0. The number of hydrogen-bond acceptors (Lipinski definition) is 7. The van der Waals surface area contributed by atoms with Gasteiger partial charge >= 0.3 is 17.9 Å². The van der Waals surface area contributed by atoms with Gasteiger partial charge in [0.1, 0.15) is 6.10 Å². The van der Waals surface area contributed by atoms with Crippen molar-refractivity contribution in [3.05, 3.63) is 24.3 Å². The second-order valence-corrected chi connectivity index (χ2v) is 13.6. The molecular weight excluding hydrogens is 602 g/mol. The number of hydrogen-bond donors (Lipinski definition) is 0. The van der Waals surface area contributed by atoms with Crippen molar-refractivity contribution in [3.63, 3.8) is 0 Å². The number of nitrogens with zero attached hydrogens (tertiary/aromatic N) is 1. The predicted octanol–water partition coefficient (Wildman–Crippen LogP) is 10.8. The zero-order valence-electron chi connectivity index (χ0n) is 31.8. The zero-order chi connectivity index (χ0) is 35.3. The van der Waals surface area contributed by atoms with E-state index in [0.29, 0.717) is 32.5 Å². The molecule has 0 aliphatic heterocycles. The first-order valence-corrected chi connectivity index (χ1v) is 19.8. The van der Waals surface area contributed by atoms with Gasteiger partial charge in [0, 0.05) is 19.3 Å². The molecule has 0 N–H and O–H groups in total. The molecule has 0 aliphatic carbocycles. The average molecular weight is 678 g/mol. The summed E-state index contributed by atoms with van der Waals surface area (Å²) in [4.78, 5) is 38.6. The van der Waals surface area contributed by atoms with E-state index in [4.69, 9.17) is 14.2 Å². The molecular formula is C41H75NO6. The lowest BCUT2D eigenvalue weighted by Gasteiger charge is -2.18. The van der Waals surface area contributed by atoms with Crippen LogP contribution in [-0.2, 0) is 28.6 Å². The third kappa shape index (κ3) is 35.2. The van der Waals surface area contributed by atoms with Crippen LogP contribution in [0.3, 0.4) is 0 Å². The molecule has 0 heterocycles. The first-order chi connectivity index (χ1) is 23.4. The summed E-state index contributed by atoms with van der Waals surface area (Å²) in [5, 5.41) is 0. The molecule has 0 aromatic heterocycles. The highest BCUT2D eigenvalue weighted by molar-refractivity contribution is 5.70. The van der Waals surface area contributed by atoms with Crippen molar-refractivity contribution < 1.29 is 28.6 Å². The largest absolute Gasteiger partial charge is 0.465 e. The Bertz CT molecular complexity index is 757. The highest BCUT2D eigenvalue weighted by atomic mass is 16.5. The Morgan fingerprint density at radius 1 is 0.500 bits per heavy atom. The van der Waals surface area contributed by atoms with Crippen LogP contribution >= 0.6 is 0 Å². The number of carbonyl (C=O) groups is 3. The first-order valence-electron chi connectivity index (χ1n) is 19.8. The Kier molecular flexibility index (Phi) is 34.5. The van der Waals surface area contributed by atoms with Gasteiger partial charge in [0.25, 0.3) is 0 Å². The van der Waals surface area contributed by atoms with Gasteiger partial charge in [-0.25, -0.2) is 0 Å². The van der Waals surface area contributed by atoms with E-state index < -0.39 is 0 Å². The molecule has 0 saturated heterocycles. The molecule has 0 saturated carbocycles. The van der Waals surface area contributed by atoms with Crippen molar-refractivity contribution in [3.8, 4) is 0 Å². The molecule has 0 amide bonds. The van der Waals surface area contributed by atoms with Crippen LogP contribution in [0.15, 0.2) is 24.3 Å². The number of carbonyl (C=O) groups excluding carboxylic acids is 3. The molecule has 0 rings (SSSR count). The SMILES string of the molecule is CCCCCC=CCCOC(=O)CCCCCCCC(CCCCCCCC(=O)OCCC=CCCCCC)OC(=O)CCCN(C)C. The molecule has 0 unspecified atom stereocenters. The first kappa shape index (κ1) is 45.9. The van der Waals surface area contributed by atoms with Gasteiger partial charge in [-0.15, -0.1) is 0 Å². The second-order valence-electron chi connectivity index (χ2n) is 13.6. The third-order valence-corrected chi connectivity index (χ3v) is 8.48. The highest BCUT2D eigenvalue weighted by Crippen LogP contribution is 2.18. The highest BCUT2D eigenvalue weighted by Gasteiger charge is 2.14. The Labute approximate surface area is 296 Å². The number of ether oxygens (including phenoxy) is 3. The van der Waals surface area contributed by atoms with E-state index in [9.17, 15) is 14.4 Å². The van der Waals surface area contributed by atoms with Crippen LogP contribution in [0.25, 0.3) is 0 Å².